The fourth-order valence-electron chi connectivity index (χ4n) is 3.32. The maximum Gasteiger partial charge on any atom is 0.134 e. The largest absolute Gasteiger partial charge is 0.370 e. The van der Waals surface area contributed by atoms with Crippen LogP contribution in [0.3, 0.4) is 0 Å². The average molecular weight is 289 g/mol. The Bertz CT molecular complexity index is 430. The first-order valence-corrected chi connectivity index (χ1v) is 8.88. The van der Waals surface area contributed by atoms with E-state index < -0.39 is 0 Å². The number of hydrogen-bond donors (Lipinski definition) is 1. The number of nitrogens with zero attached hydrogens (tertiary/aromatic N) is 2. The molecule has 0 radical (unpaired) electrons. The molecule has 1 N–H and O–H groups in total. The summed E-state index contributed by atoms with van der Waals surface area (Å²) >= 11 is 0. The van der Waals surface area contributed by atoms with Crippen molar-refractivity contribution in [2.24, 2.45) is 5.92 Å². The smallest absolute Gasteiger partial charge is 0.134 e. The van der Waals surface area contributed by atoms with Crippen LogP contribution >= 0.6 is 0 Å². The Morgan fingerprint density at radius 3 is 2.71 bits per heavy atom. The van der Waals surface area contributed by atoms with Gasteiger partial charge in [-0.3, -0.25) is 0 Å². The van der Waals surface area contributed by atoms with Crippen LogP contribution in [0.15, 0.2) is 6.07 Å². The molecule has 1 fully saturated rings. The molecule has 1 aromatic heterocycles. The lowest BCUT2D eigenvalue weighted by Gasteiger charge is -2.27. The molecule has 3 heteroatoms. The molecule has 0 aliphatic heterocycles. The van der Waals surface area contributed by atoms with Crippen molar-refractivity contribution >= 4 is 5.82 Å². The zero-order valence-corrected chi connectivity index (χ0v) is 14.0. The molecule has 1 saturated carbocycles. The predicted octanol–water partition coefficient (Wildman–Crippen LogP) is 4.93. The molecule has 3 nitrogen and oxygen atoms in total. The van der Waals surface area contributed by atoms with Gasteiger partial charge in [0.1, 0.15) is 11.6 Å². The van der Waals surface area contributed by atoms with E-state index in [-0.39, 0.29) is 0 Å². The summed E-state index contributed by atoms with van der Waals surface area (Å²) in [6.45, 7) is 7.71. The molecule has 1 aliphatic carbocycles. The summed E-state index contributed by atoms with van der Waals surface area (Å²) < 4.78 is 0. The third-order valence-electron chi connectivity index (χ3n) is 4.58. The average Bonchev–Trinajstić information content (AvgIpc) is 2.53. The minimum Gasteiger partial charge on any atom is -0.370 e. The first-order valence-electron chi connectivity index (χ1n) is 8.88. The maximum atomic E-state index is 4.87. The fraction of sp³-hybridized carbons (Fsp3) is 0.778. The number of aryl methyl sites for hydroxylation is 1. The van der Waals surface area contributed by atoms with E-state index in [0.29, 0.717) is 5.92 Å². The highest BCUT2D eigenvalue weighted by molar-refractivity contribution is 5.36. The van der Waals surface area contributed by atoms with Gasteiger partial charge >= 0.3 is 0 Å². The second kappa shape index (κ2) is 8.35. The number of nitrogens with one attached hydrogen (secondary N) is 1. The van der Waals surface area contributed by atoms with Gasteiger partial charge < -0.3 is 5.32 Å². The third-order valence-corrected chi connectivity index (χ3v) is 4.58. The number of anilines is 1. The van der Waals surface area contributed by atoms with E-state index >= 15 is 0 Å². The van der Waals surface area contributed by atoms with Gasteiger partial charge in [-0.05, 0) is 31.6 Å². The van der Waals surface area contributed by atoms with Crippen molar-refractivity contribution in [2.75, 3.05) is 11.9 Å². The lowest BCUT2D eigenvalue weighted by atomic mass is 9.80. The van der Waals surface area contributed by atoms with Crippen LogP contribution in [0.25, 0.3) is 0 Å². The van der Waals surface area contributed by atoms with E-state index in [0.717, 1.165) is 43.4 Å². The molecule has 1 aliphatic rings. The second-order valence-electron chi connectivity index (χ2n) is 6.42. The number of rotatable bonds is 7. The zero-order chi connectivity index (χ0) is 15.1. The predicted molar refractivity (Wildman–Crippen MR) is 89.8 cm³/mol. The summed E-state index contributed by atoms with van der Waals surface area (Å²) in [4.78, 5) is 9.70. The van der Waals surface area contributed by atoms with Gasteiger partial charge in [-0.2, -0.15) is 0 Å². The normalized spacial score (nSPS) is 22.2. The van der Waals surface area contributed by atoms with E-state index in [1.165, 1.54) is 37.8 Å². The summed E-state index contributed by atoms with van der Waals surface area (Å²) in [5.74, 6) is 3.57. The topological polar surface area (TPSA) is 37.8 Å². The summed E-state index contributed by atoms with van der Waals surface area (Å²) in [6.07, 6.45) is 9.89. The Morgan fingerprint density at radius 1 is 1.14 bits per heavy atom. The molecule has 2 rings (SSSR count). The first kappa shape index (κ1) is 16.3. The van der Waals surface area contributed by atoms with Crippen LogP contribution in [0.2, 0.25) is 0 Å². The summed E-state index contributed by atoms with van der Waals surface area (Å²) in [7, 11) is 0. The summed E-state index contributed by atoms with van der Waals surface area (Å²) in [5, 5.41) is 3.45. The zero-order valence-electron chi connectivity index (χ0n) is 14.0. The quantitative estimate of drug-likeness (QED) is 0.773. The molecule has 118 valence electrons. The van der Waals surface area contributed by atoms with Crippen molar-refractivity contribution in [3.63, 3.8) is 0 Å². The molecule has 2 atom stereocenters. The van der Waals surface area contributed by atoms with E-state index in [2.05, 4.69) is 32.2 Å². The molecule has 0 amide bonds. The van der Waals surface area contributed by atoms with Crippen LogP contribution in [0.5, 0.6) is 0 Å². The third kappa shape index (κ3) is 4.69. The van der Waals surface area contributed by atoms with Crippen molar-refractivity contribution in [1.82, 2.24) is 9.97 Å². The second-order valence-corrected chi connectivity index (χ2v) is 6.42. The van der Waals surface area contributed by atoms with Crippen LogP contribution in [0.1, 0.15) is 83.2 Å². The Balaban J connectivity index is 2.17. The minimum absolute atomic E-state index is 0.572. The molecule has 0 bridgehead atoms. The standard InChI is InChI=1S/C18H31N3/c1-4-8-16-13-17(19-11-5-2)21-18(20-16)15-10-7-9-14(6-3)12-15/h13-15H,4-12H2,1-3H3,(H,19,20,21). The molecule has 1 heterocycles. The number of hydrogen-bond acceptors (Lipinski definition) is 3. The Morgan fingerprint density at radius 2 is 2.00 bits per heavy atom. The van der Waals surface area contributed by atoms with Crippen molar-refractivity contribution in [3.8, 4) is 0 Å². The van der Waals surface area contributed by atoms with Crippen molar-refractivity contribution in [1.29, 1.82) is 0 Å². The van der Waals surface area contributed by atoms with Crippen molar-refractivity contribution in [3.05, 3.63) is 17.6 Å². The summed E-state index contributed by atoms with van der Waals surface area (Å²) in [6, 6.07) is 2.14. The van der Waals surface area contributed by atoms with Gasteiger partial charge in [0.05, 0.1) is 0 Å². The van der Waals surface area contributed by atoms with Crippen molar-refractivity contribution < 1.29 is 0 Å². The molecule has 2 unspecified atom stereocenters. The highest BCUT2D eigenvalue weighted by Crippen LogP contribution is 2.36. The maximum absolute atomic E-state index is 4.87. The van der Waals surface area contributed by atoms with E-state index in [9.17, 15) is 0 Å². The van der Waals surface area contributed by atoms with Gasteiger partial charge in [0.2, 0.25) is 0 Å². The molecule has 0 aromatic carbocycles. The fourth-order valence-corrected chi connectivity index (χ4v) is 3.32. The van der Waals surface area contributed by atoms with Crippen LogP contribution in [-0.2, 0) is 6.42 Å². The van der Waals surface area contributed by atoms with E-state index in [1.807, 2.05) is 0 Å². The monoisotopic (exact) mass is 289 g/mol. The van der Waals surface area contributed by atoms with E-state index in [1.54, 1.807) is 0 Å². The molecule has 1 aromatic rings. The van der Waals surface area contributed by atoms with Crippen LogP contribution < -0.4 is 5.32 Å². The Labute approximate surface area is 130 Å². The molecule has 0 saturated heterocycles. The number of aromatic nitrogens is 2. The van der Waals surface area contributed by atoms with Gasteiger partial charge in [-0.1, -0.05) is 46.5 Å². The Hall–Kier alpha value is -1.12. The van der Waals surface area contributed by atoms with E-state index in [4.69, 9.17) is 9.97 Å². The van der Waals surface area contributed by atoms with Gasteiger partial charge in [0, 0.05) is 24.2 Å². The van der Waals surface area contributed by atoms with Gasteiger partial charge in [0.25, 0.3) is 0 Å². The molecular weight excluding hydrogens is 258 g/mol. The van der Waals surface area contributed by atoms with Gasteiger partial charge in [0.15, 0.2) is 0 Å². The molecular formula is C18H31N3. The SMILES string of the molecule is CCCNc1cc(CCC)nc(C2CCCC(CC)C2)n1. The highest BCUT2D eigenvalue weighted by Gasteiger charge is 2.24. The summed E-state index contributed by atoms with van der Waals surface area (Å²) in [5.41, 5.74) is 1.21. The lowest BCUT2D eigenvalue weighted by molar-refractivity contribution is 0.307. The van der Waals surface area contributed by atoms with Crippen LogP contribution in [0.4, 0.5) is 5.82 Å². The van der Waals surface area contributed by atoms with Gasteiger partial charge in [-0.15, -0.1) is 0 Å². The first-order chi connectivity index (χ1) is 10.3. The molecule has 0 spiro atoms. The minimum atomic E-state index is 0.572. The highest BCUT2D eigenvalue weighted by atomic mass is 15.0. The van der Waals surface area contributed by atoms with Crippen LogP contribution in [-0.4, -0.2) is 16.5 Å². The Kier molecular flexibility index (Phi) is 6.47. The van der Waals surface area contributed by atoms with Crippen LogP contribution in [0, 0.1) is 5.92 Å². The van der Waals surface area contributed by atoms with Gasteiger partial charge in [-0.25, -0.2) is 9.97 Å². The van der Waals surface area contributed by atoms with Crippen molar-refractivity contribution in [2.45, 2.75) is 78.1 Å². The lowest BCUT2D eigenvalue weighted by Crippen LogP contribution is -2.17. The molecule has 21 heavy (non-hydrogen) atoms.